The lowest BCUT2D eigenvalue weighted by Gasteiger charge is -2.48. The summed E-state index contributed by atoms with van der Waals surface area (Å²) in [7, 11) is -1.01. The van der Waals surface area contributed by atoms with Crippen molar-refractivity contribution in [3.05, 3.63) is 11.5 Å². The molecule has 3 aliphatic rings. The van der Waals surface area contributed by atoms with Crippen molar-refractivity contribution >= 4 is 16.6 Å². The Kier molecular flexibility index (Phi) is 3.72. The Hall–Kier alpha value is -1.01. The third-order valence-corrected chi connectivity index (χ3v) is 7.21. The van der Waals surface area contributed by atoms with Crippen molar-refractivity contribution in [2.45, 2.75) is 74.8 Å². The molecule has 126 valence electrons. The van der Waals surface area contributed by atoms with E-state index in [1.807, 2.05) is 0 Å². The highest BCUT2D eigenvalue weighted by atomic mass is 32.2. The van der Waals surface area contributed by atoms with E-state index in [0.29, 0.717) is 5.75 Å². The molecule has 1 saturated carbocycles. The van der Waals surface area contributed by atoms with E-state index in [2.05, 4.69) is 18.7 Å². The first-order chi connectivity index (χ1) is 11.0. The summed E-state index contributed by atoms with van der Waals surface area (Å²) in [6.45, 7) is 5.01. The smallest absolute Gasteiger partial charge is 0.149 e. The molecule has 1 aliphatic carbocycles. The van der Waals surface area contributed by atoms with Crippen LogP contribution in [-0.4, -0.2) is 43.2 Å². The number of aliphatic hydroxyl groups excluding tert-OH is 1. The lowest BCUT2D eigenvalue weighted by molar-refractivity contribution is 0.0578. The average Bonchev–Trinajstić information content (AvgIpc) is 2.83. The quantitative estimate of drug-likeness (QED) is 0.897. The molecule has 0 amide bonds. The van der Waals surface area contributed by atoms with Crippen molar-refractivity contribution < 1.29 is 9.32 Å². The number of hydrogen-bond acceptors (Lipinski definition) is 5. The second-order valence-corrected chi connectivity index (χ2v) is 8.91. The fraction of sp³-hybridized carbons (Fsp3) is 0.765. The van der Waals surface area contributed by atoms with Crippen LogP contribution < -0.4 is 4.90 Å². The molecule has 23 heavy (non-hydrogen) atoms. The summed E-state index contributed by atoms with van der Waals surface area (Å²) in [5.74, 6) is 2.65. The van der Waals surface area contributed by atoms with E-state index < -0.39 is 10.8 Å². The first kappa shape index (κ1) is 15.5. The minimum absolute atomic E-state index is 0.169. The Balaban J connectivity index is 1.87. The average molecular weight is 335 g/mol. The van der Waals surface area contributed by atoms with Gasteiger partial charge in [0, 0.05) is 18.2 Å². The largest absolute Gasteiger partial charge is 0.391 e. The summed E-state index contributed by atoms with van der Waals surface area (Å²) in [4.78, 5) is 12.7. The highest BCUT2D eigenvalue weighted by molar-refractivity contribution is 7.85. The molecule has 1 saturated heterocycles. The van der Waals surface area contributed by atoms with E-state index in [9.17, 15) is 9.32 Å². The van der Waals surface area contributed by atoms with Gasteiger partial charge in [0.25, 0.3) is 0 Å². The van der Waals surface area contributed by atoms with Crippen LogP contribution in [0.4, 0.5) is 5.82 Å². The van der Waals surface area contributed by atoms with Gasteiger partial charge in [0.1, 0.15) is 16.5 Å². The van der Waals surface area contributed by atoms with Gasteiger partial charge in [0.2, 0.25) is 0 Å². The Bertz CT molecular complexity index is 657. The summed E-state index contributed by atoms with van der Waals surface area (Å²) in [5.41, 5.74) is 0.803. The van der Waals surface area contributed by atoms with Gasteiger partial charge in [-0.25, -0.2) is 9.97 Å². The Morgan fingerprint density at radius 3 is 2.74 bits per heavy atom. The van der Waals surface area contributed by atoms with Crippen LogP contribution in [0.25, 0.3) is 0 Å². The van der Waals surface area contributed by atoms with E-state index in [-0.39, 0.29) is 17.6 Å². The van der Waals surface area contributed by atoms with Gasteiger partial charge in [-0.05, 0) is 38.5 Å². The fourth-order valence-corrected chi connectivity index (χ4v) is 5.58. The molecule has 0 bridgehead atoms. The summed E-state index contributed by atoms with van der Waals surface area (Å²) >= 11 is 0. The molecule has 2 aliphatic heterocycles. The third-order valence-electron chi connectivity index (χ3n) is 5.68. The Morgan fingerprint density at radius 2 is 2.09 bits per heavy atom. The van der Waals surface area contributed by atoms with Crippen LogP contribution in [0.15, 0.2) is 4.90 Å². The lowest BCUT2D eigenvalue weighted by atomic mass is 9.73. The van der Waals surface area contributed by atoms with Crippen LogP contribution in [0.2, 0.25) is 0 Å². The van der Waals surface area contributed by atoms with E-state index >= 15 is 0 Å². The molecule has 2 fully saturated rings. The van der Waals surface area contributed by atoms with Crippen molar-refractivity contribution in [3.8, 4) is 0 Å². The number of aryl methyl sites for hydroxylation is 1. The molecule has 4 rings (SSSR count). The predicted molar refractivity (Wildman–Crippen MR) is 90.3 cm³/mol. The van der Waals surface area contributed by atoms with Crippen LogP contribution in [0.5, 0.6) is 0 Å². The molecule has 1 N–H and O–H groups in total. The fourth-order valence-electron chi connectivity index (χ4n) is 4.20. The maximum atomic E-state index is 12.7. The van der Waals surface area contributed by atoms with Gasteiger partial charge < -0.3 is 10.0 Å². The van der Waals surface area contributed by atoms with E-state index in [4.69, 9.17) is 9.97 Å². The van der Waals surface area contributed by atoms with Crippen molar-refractivity contribution in [3.63, 3.8) is 0 Å². The van der Waals surface area contributed by atoms with Crippen molar-refractivity contribution in [1.29, 1.82) is 0 Å². The number of fused-ring (bicyclic) bond motifs is 1. The Labute approximate surface area is 140 Å². The van der Waals surface area contributed by atoms with Crippen molar-refractivity contribution in [2.24, 2.45) is 0 Å². The SMILES string of the molecule is CC(C)c1nc2c(c(N3CCC(O)C34CCC4)n1)S(=O)CCC2. The molecule has 0 aromatic carbocycles. The first-order valence-corrected chi connectivity index (χ1v) is 10.1. The zero-order valence-electron chi connectivity index (χ0n) is 13.9. The van der Waals surface area contributed by atoms with Gasteiger partial charge in [-0.1, -0.05) is 13.8 Å². The molecular weight excluding hydrogens is 310 g/mol. The summed E-state index contributed by atoms with van der Waals surface area (Å²) in [6, 6.07) is 0. The molecule has 3 heterocycles. The lowest BCUT2D eigenvalue weighted by Crippen LogP contribution is -2.56. The molecule has 1 aromatic heterocycles. The van der Waals surface area contributed by atoms with Crippen LogP contribution in [0, 0.1) is 0 Å². The van der Waals surface area contributed by atoms with E-state index in [1.165, 1.54) is 0 Å². The zero-order chi connectivity index (χ0) is 16.2. The minimum atomic E-state index is -1.01. The zero-order valence-corrected chi connectivity index (χ0v) is 14.7. The standard InChI is InChI=1S/C17H25N3O2S/c1-11(2)15-18-12-5-3-10-23(22)14(12)16(19-15)20-9-6-13(21)17(20)7-4-8-17/h11,13,21H,3-10H2,1-2H3. The molecule has 0 radical (unpaired) electrons. The summed E-state index contributed by atoms with van der Waals surface area (Å²) in [6.07, 6.45) is 5.49. The molecule has 5 nitrogen and oxygen atoms in total. The normalized spacial score (nSPS) is 29.0. The maximum Gasteiger partial charge on any atom is 0.149 e. The molecule has 2 unspecified atom stereocenters. The Morgan fingerprint density at radius 1 is 1.30 bits per heavy atom. The van der Waals surface area contributed by atoms with E-state index in [1.54, 1.807) is 0 Å². The first-order valence-electron chi connectivity index (χ1n) is 8.78. The second kappa shape index (κ2) is 5.52. The highest BCUT2D eigenvalue weighted by Gasteiger charge is 2.53. The topological polar surface area (TPSA) is 66.3 Å². The summed E-state index contributed by atoms with van der Waals surface area (Å²) in [5, 5.41) is 10.5. The van der Waals surface area contributed by atoms with Gasteiger partial charge in [-0.3, -0.25) is 4.21 Å². The highest BCUT2D eigenvalue weighted by Crippen LogP contribution is 2.49. The van der Waals surface area contributed by atoms with Crippen LogP contribution in [-0.2, 0) is 17.2 Å². The van der Waals surface area contributed by atoms with Gasteiger partial charge in [-0.2, -0.15) is 0 Å². The number of aromatic nitrogens is 2. The molecule has 1 spiro atoms. The van der Waals surface area contributed by atoms with Gasteiger partial charge in [0.05, 0.1) is 28.1 Å². The molecular formula is C17H25N3O2S. The number of rotatable bonds is 2. The molecule has 2 atom stereocenters. The molecule has 6 heteroatoms. The predicted octanol–water partition coefficient (Wildman–Crippen LogP) is 2.15. The summed E-state index contributed by atoms with van der Waals surface area (Å²) < 4.78 is 12.7. The van der Waals surface area contributed by atoms with Crippen molar-refractivity contribution in [2.75, 3.05) is 17.2 Å². The third kappa shape index (κ3) is 2.25. The van der Waals surface area contributed by atoms with E-state index in [0.717, 1.165) is 67.3 Å². The van der Waals surface area contributed by atoms with Gasteiger partial charge in [0.15, 0.2) is 0 Å². The number of hydrogen-bond donors (Lipinski definition) is 1. The monoisotopic (exact) mass is 335 g/mol. The van der Waals surface area contributed by atoms with Gasteiger partial charge >= 0.3 is 0 Å². The molecule has 1 aromatic rings. The van der Waals surface area contributed by atoms with Crippen LogP contribution in [0.1, 0.15) is 63.4 Å². The van der Waals surface area contributed by atoms with Crippen LogP contribution in [0.3, 0.4) is 0 Å². The maximum absolute atomic E-state index is 12.7. The van der Waals surface area contributed by atoms with Crippen molar-refractivity contribution in [1.82, 2.24) is 9.97 Å². The number of nitrogens with zero attached hydrogens (tertiary/aromatic N) is 3. The second-order valence-electron chi connectivity index (χ2n) is 7.40. The van der Waals surface area contributed by atoms with Crippen LogP contribution >= 0.6 is 0 Å². The number of aliphatic hydroxyl groups is 1. The number of anilines is 1. The van der Waals surface area contributed by atoms with Gasteiger partial charge in [-0.15, -0.1) is 0 Å². The minimum Gasteiger partial charge on any atom is -0.391 e.